The molecule has 0 saturated heterocycles. The van der Waals surface area contributed by atoms with Gasteiger partial charge in [0.05, 0.1) is 30.4 Å². The monoisotopic (exact) mass is 497 g/mol. The van der Waals surface area contributed by atoms with E-state index in [-0.39, 0.29) is 31.0 Å². The van der Waals surface area contributed by atoms with Crippen LogP contribution in [0.3, 0.4) is 0 Å². The van der Waals surface area contributed by atoms with Crippen LogP contribution in [0, 0.1) is 0 Å². The molecule has 11 nitrogen and oxygen atoms in total. The summed E-state index contributed by atoms with van der Waals surface area (Å²) in [6.07, 6.45) is 2.89. The van der Waals surface area contributed by atoms with Gasteiger partial charge in [0.1, 0.15) is 23.3 Å². The molecule has 0 aliphatic carbocycles. The van der Waals surface area contributed by atoms with E-state index < -0.39 is 34.0 Å². The van der Waals surface area contributed by atoms with E-state index in [1.54, 1.807) is 31.2 Å². The average molecular weight is 498 g/mol. The molecule has 2 aromatic heterocycles. The highest BCUT2D eigenvalue weighted by Gasteiger charge is 2.35. The summed E-state index contributed by atoms with van der Waals surface area (Å²) in [5.74, 6) is -1.02. The number of rotatable bonds is 10. The standard InChI is InChI=1S/C20H23N3O8S2/c1-3-29-19(25)16-13(22-20(26)23-17(16)14-5-4-10-30-14)11-31-18(24)15-7-6-12(32-15)8-9-21-33(2,27)28/h4-7,10,17,21H,3,8-9,11H2,1-2H3,(H2,22,23,26)/t17-/m0/s1. The molecular formula is C20H23N3O8S2. The van der Waals surface area contributed by atoms with Gasteiger partial charge in [-0.25, -0.2) is 27.5 Å². The third-order valence-electron chi connectivity index (χ3n) is 4.42. The van der Waals surface area contributed by atoms with Gasteiger partial charge in [0.15, 0.2) is 0 Å². The van der Waals surface area contributed by atoms with E-state index >= 15 is 0 Å². The molecular weight excluding hydrogens is 474 g/mol. The van der Waals surface area contributed by atoms with Gasteiger partial charge in [-0.05, 0) is 37.6 Å². The van der Waals surface area contributed by atoms with Crippen molar-refractivity contribution in [3.05, 3.63) is 57.3 Å². The summed E-state index contributed by atoms with van der Waals surface area (Å²) < 4.78 is 40.5. The van der Waals surface area contributed by atoms with Crippen molar-refractivity contribution in [3.63, 3.8) is 0 Å². The Kier molecular flexibility index (Phi) is 7.89. The molecule has 1 aliphatic rings. The van der Waals surface area contributed by atoms with Gasteiger partial charge in [-0.3, -0.25) is 0 Å². The van der Waals surface area contributed by atoms with Crippen molar-refractivity contribution >= 4 is 39.3 Å². The molecule has 33 heavy (non-hydrogen) atoms. The number of carbonyl (C=O) groups is 3. The maximum absolute atomic E-state index is 12.6. The van der Waals surface area contributed by atoms with Crippen molar-refractivity contribution in [1.29, 1.82) is 0 Å². The van der Waals surface area contributed by atoms with Crippen LogP contribution in [0.2, 0.25) is 0 Å². The van der Waals surface area contributed by atoms with E-state index in [4.69, 9.17) is 13.9 Å². The molecule has 1 atom stereocenters. The largest absolute Gasteiger partial charge is 0.467 e. The zero-order chi connectivity index (χ0) is 24.0. The van der Waals surface area contributed by atoms with Gasteiger partial charge in [0.2, 0.25) is 10.0 Å². The number of thiophene rings is 1. The minimum absolute atomic E-state index is 0.0675. The van der Waals surface area contributed by atoms with Gasteiger partial charge in [-0.2, -0.15) is 0 Å². The number of amides is 2. The molecule has 0 spiro atoms. The highest BCUT2D eigenvalue weighted by atomic mass is 32.2. The number of esters is 2. The summed E-state index contributed by atoms with van der Waals surface area (Å²) >= 11 is 1.16. The lowest BCUT2D eigenvalue weighted by atomic mass is 10.0. The minimum Gasteiger partial charge on any atom is -0.467 e. The van der Waals surface area contributed by atoms with E-state index in [1.165, 1.54) is 6.26 Å². The van der Waals surface area contributed by atoms with Gasteiger partial charge in [-0.15, -0.1) is 11.3 Å². The summed E-state index contributed by atoms with van der Waals surface area (Å²) in [5.41, 5.74) is 0.152. The Bertz CT molecular complexity index is 1150. The molecule has 178 valence electrons. The van der Waals surface area contributed by atoms with E-state index in [1.807, 2.05) is 0 Å². The number of ether oxygens (including phenoxy) is 2. The first-order valence-corrected chi connectivity index (χ1v) is 12.6. The van der Waals surface area contributed by atoms with Crippen LogP contribution in [-0.2, 0) is 30.7 Å². The Hall–Kier alpha value is -3.16. The van der Waals surface area contributed by atoms with E-state index in [9.17, 15) is 22.8 Å². The maximum atomic E-state index is 12.6. The fourth-order valence-electron chi connectivity index (χ4n) is 3.04. The van der Waals surface area contributed by atoms with Crippen LogP contribution in [0.1, 0.15) is 33.3 Å². The Balaban J connectivity index is 1.73. The summed E-state index contributed by atoms with van der Waals surface area (Å²) in [6.45, 7) is 1.59. The first kappa shape index (κ1) is 24.5. The second kappa shape index (κ2) is 10.6. The number of hydrogen-bond donors (Lipinski definition) is 3. The van der Waals surface area contributed by atoms with E-state index in [0.717, 1.165) is 22.5 Å². The van der Waals surface area contributed by atoms with Crippen LogP contribution in [0.5, 0.6) is 0 Å². The Labute approximate surface area is 194 Å². The first-order chi connectivity index (χ1) is 15.7. The lowest BCUT2D eigenvalue weighted by Gasteiger charge is -2.27. The molecule has 3 heterocycles. The van der Waals surface area contributed by atoms with Gasteiger partial charge in [-0.1, -0.05) is 0 Å². The number of furan rings is 1. The van der Waals surface area contributed by atoms with Crippen molar-refractivity contribution in [2.75, 3.05) is 26.0 Å². The van der Waals surface area contributed by atoms with E-state index in [2.05, 4.69) is 15.4 Å². The van der Waals surface area contributed by atoms with Crippen LogP contribution in [0.4, 0.5) is 4.79 Å². The molecule has 0 radical (unpaired) electrons. The lowest BCUT2D eigenvalue weighted by molar-refractivity contribution is -0.139. The molecule has 0 saturated carbocycles. The molecule has 3 N–H and O–H groups in total. The number of hydrogen-bond acceptors (Lipinski definition) is 9. The molecule has 0 fully saturated rings. The van der Waals surface area contributed by atoms with Crippen LogP contribution in [0.25, 0.3) is 0 Å². The predicted molar refractivity (Wildman–Crippen MR) is 118 cm³/mol. The molecule has 0 bridgehead atoms. The van der Waals surface area contributed by atoms with Gasteiger partial charge >= 0.3 is 18.0 Å². The maximum Gasteiger partial charge on any atom is 0.348 e. The normalized spacial score (nSPS) is 16.2. The SMILES string of the molecule is CCOC(=O)C1=C(COC(=O)c2ccc(CCNS(C)(=O)=O)s2)NC(=O)N[C@H]1c1ccco1. The zero-order valence-corrected chi connectivity index (χ0v) is 19.5. The summed E-state index contributed by atoms with van der Waals surface area (Å²) in [7, 11) is -3.29. The second-order valence-electron chi connectivity index (χ2n) is 6.92. The molecule has 0 aromatic carbocycles. The number of urea groups is 1. The highest BCUT2D eigenvalue weighted by Crippen LogP contribution is 2.28. The molecule has 1 aliphatic heterocycles. The van der Waals surface area contributed by atoms with Crippen LogP contribution in [-0.4, -0.2) is 52.4 Å². The molecule has 13 heteroatoms. The summed E-state index contributed by atoms with van der Waals surface area (Å²) in [6, 6.07) is 4.99. The third-order valence-corrected chi connectivity index (χ3v) is 6.28. The summed E-state index contributed by atoms with van der Waals surface area (Å²) in [5, 5.41) is 5.10. The molecule has 2 amide bonds. The molecule has 3 rings (SSSR count). The van der Waals surface area contributed by atoms with Crippen molar-refractivity contribution in [3.8, 4) is 0 Å². The number of nitrogens with one attached hydrogen (secondary N) is 3. The third kappa shape index (κ3) is 6.66. The Morgan fingerprint density at radius 2 is 2.00 bits per heavy atom. The fourth-order valence-corrected chi connectivity index (χ4v) is 4.41. The number of carbonyl (C=O) groups excluding carboxylic acids is 3. The van der Waals surface area contributed by atoms with Crippen molar-refractivity contribution in [1.82, 2.24) is 15.4 Å². The minimum atomic E-state index is -3.29. The van der Waals surface area contributed by atoms with Crippen LogP contribution < -0.4 is 15.4 Å². The van der Waals surface area contributed by atoms with Crippen molar-refractivity contribution in [2.45, 2.75) is 19.4 Å². The van der Waals surface area contributed by atoms with Gasteiger partial charge in [0.25, 0.3) is 0 Å². The number of sulfonamides is 1. The molecule has 2 aromatic rings. The quantitative estimate of drug-likeness (QED) is 0.417. The summed E-state index contributed by atoms with van der Waals surface area (Å²) in [4.78, 5) is 38.4. The molecule has 0 unspecified atom stereocenters. The first-order valence-electron chi connectivity index (χ1n) is 9.89. The van der Waals surface area contributed by atoms with Crippen molar-refractivity contribution in [2.24, 2.45) is 0 Å². The van der Waals surface area contributed by atoms with E-state index in [0.29, 0.717) is 17.1 Å². The van der Waals surface area contributed by atoms with Crippen LogP contribution >= 0.6 is 11.3 Å². The van der Waals surface area contributed by atoms with Crippen molar-refractivity contribution < 1.29 is 36.7 Å². The average Bonchev–Trinajstić information content (AvgIpc) is 3.43. The topological polar surface area (TPSA) is 153 Å². The second-order valence-corrected chi connectivity index (χ2v) is 9.92. The van der Waals surface area contributed by atoms with Gasteiger partial charge in [0, 0.05) is 11.4 Å². The Morgan fingerprint density at radius 3 is 2.67 bits per heavy atom. The smallest absolute Gasteiger partial charge is 0.348 e. The zero-order valence-electron chi connectivity index (χ0n) is 17.9. The van der Waals surface area contributed by atoms with Gasteiger partial charge < -0.3 is 24.5 Å². The highest BCUT2D eigenvalue weighted by molar-refractivity contribution is 7.88. The lowest BCUT2D eigenvalue weighted by Crippen LogP contribution is -2.47. The predicted octanol–water partition coefficient (Wildman–Crippen LogP) is 1.46. The van der Waals surface area contributed by atoms with Crippen LogP contribution in [0.15, 0.2) is 46.2 Å². The fraction of sp³-hybridized carbons (Fsp3) is 0.350. The Morgan fingerprint density at radius 1 is 1.21 bits per heavy atom.